The van der Waals surface area contributed by atoms with Gasteiger partial charge in [0.1, 0.15) is 12.4 Å². The molecule has 2 amide bonds. The average Bonchev–Trinajstić information content (AvgIpc) is 2.59. The van der Waals surface area contributed by atoms with Crippen molar-refractivity contribution in [1.82, 2.24) is 10.6 Å². The molecular formula is C18H20N2O3. The van der Waals surface area contributed by atoms with Crippen molar-refractivity contribution in [3.8, 4) is 5.75 Å². The maximum Gasteiger partial charge on any atom is 0.252 e. The van der Waals surface area contributed by atoms with Gasteiger partial charge in [-0.3, -0.25) is 9.59 Å². The zero-order valence-corrected chi connectivity index (χ0v) is 13.0. The summed E-state index contributed by atoms with van der Waals surface area (Å²) in [4.78, 5) is 23.7. The number of nitrogens with one attached hydrogen (secondary N) is 2. The highest BCUT2D eigenvalue weighted by Crippen LogP contribution is 2.14. The summed E-state index contributed by atoms with van der Waals surface area (Å²) >= 11 is 0. The molecule has 0 atom stereocenters. The third-order valence-electron chi connectivity index (χ3n) is 3.18. The number of likely N-dealkylation sites (N-methyl/N-ethyl adjacent to an activating group) is 1. The molecule has 0 aromatic heterocycles. The van der Waals surface area contributed by atoms with Crippen LogP contribution in [0.2, 0.25) is 0 Å². The largest absolute Gasteiger partial charge is 0.489 e. The number of hydrogen-bond donors (Lipinski definition) is 2. The lowest BCUT2D eigenvalue weighted by Crippen LogP contribution is -2.37. The van der Waals surface area contributed by atoms with Gasteiger partial charge in [0.2, 0.25) is 5.91 Å². The summed E-state index contributed by atoms with van der Waals surface area (Å²) in [7, 11) is 0. The first kappa shape index (κ1) is 16.5. The van der Waals surface area contributed by atoms with Gasteiger partial charge in [0.05, 0.1) is 6.54 Å². The van der Waals surface area contributed by atoms with E-state index in [9.17, 15) is 9.59 Å². The summed E-state index contributed by atoms with van der Waals surface area (Å²) in [6.07, 6.45) is 0. The van der Waals surface area contributed by atoms with Gasteiger partial charge in [-0.25, -0.2) is 0 Å². The lowest BCUT2D eigenvalue weighted by atomic mass is 10.1. The third kappa shape index (κ3) is 5.14. The molecule has 0 fully saturated rings. The van der Waals surface area contributed by atoms with Crippen molar-refractivity contribution in [1.29, 1.82) is 0 Å². The van der Waals surface area contributed by atoms with Gasteiger partial charge >= 0.3 is 0 Å². The first-order chi connectivity index (χ1) is 11.2. The molecule has 2 N–H and O–H groups in total. The Morgan fingerprint density at radius 1 is 0.957 bits per heavy atom. The quantitative estimate of drug-likeness (QED) is 0.823. The molecule has 0 radical (unpaired) electrons. The van der Waals surface area contributed by atoms with Crippen molar-refractivity contribution in [3.63, 3.8) is 0 Å². The van der Waals surface area contributed by atoms with Crippen LogP contribution >= 0.6 is 0 Å². The number of carbonyl (C=O) groups is 2. The Morgan fingerprint density at radius 3 is 2.39 bits per heavy atom. The number of hydrogen-bond acceptors (Lipinski definition) is 3. The topological polar surface area (TPSA) is 67.4 Å². The molecular weight excluding hydrogens is 292 g/mol. The van der Waals surface area contributed by atoms with E-state index >= 15 is 0 Å². The Hall–Kier alpha value is -2.82. The van der Waals surface area contributed by atoms with Crippen LogP contribution in [-0.2, 0) is 11.4 Å². The van der Waals surface area contributed by atoms with Crippen LogP contribution in [0.15, 0.2) is 54.6 Å². The number of ether oxygens (including phenoxy) is 1. The van der Waals surface area contributed by atoms with Gasteiger partial charge in [0, 0.05) is 17.7 Å². The van der Waals surface area contributed by atoms with Crippen molar-refractivity contribution in [2.75, 3.05) is 13.1 Å². The molecule has 120 valence electrons. The molecule has 23 heavy (non-hydrogen) atoms. The fraction of sp³-hybridized carbons (Fsp3) is 0.222. The number of benzene rings is 2. The summed E-state index contributed by atoms with van der Waals surface area (Å²) in [5.74, 6) is 0.243. The predicted molar refractivity (Wildman–Crippen MR) is 88.2 cm³/mol. The number of rotatable bonds is 7. The molecule has 0 aliphatic rings. The molecule has 0 saturated carbocycles. The Kier molecular flexibility index (Phi) is 6.17. The molecule has 0 unspecified atom stereocenters. The van der Waals surface area contributed by atoms with Gasteiger partial charge in [-0.2, -0.15) is 0 Å². The fourth-order valence-corrected chi connectivity index (χ4v) is 2.06. The Bertz CT molecular complexity index is 656. The average molecular weight is 312 g/mol. The Labute approximate surface area is 135 Å². The van der Waals surface area contributed by atoms with E-state index in [1.807, 2.05) is 49.4 Å². The smallest absolute Gasteiger partial charge is 0.252 e. The monoisotopic (exact) mass is 312 g/mol. The summed E-state index contributed by atoms with van der Waals surface area (Å²) in [6, 6.07) is 16.6. The number of amides is 2. The molecule has 0 aliphatic carbocycles. The van der Waals surface area contributed by atoms with E-state index in [0.717, 1.165) is 11.3 Å². The van der Waals surface area contributed by atoms with Crippen LogP contribution in [0.1, 0.15) is 22.8 Å². The molecule has 0 spiro atoms. The molecule has 2 aromatic rings. The van der Waals surface area contributed by atoms with E-state index in [2.05, 4.69) is 10.6 Å². The van der Waals surface area contributed by atoms with E-state index in [1.165, 1.54) is 0 Å². The van der Waals surface area contributed by atoms with Crippen LogP contribution in [0.4, 0.5) is 0 Å². The van der Waals surface area contributed by atoms with Crippen molar-refractivity contribution in [2.24, 2.45) is 0 Å². The van der Waals surface area contributed by atoms with Gasteiger partial charge in [-0.15, -0.1) is 0 Å². The molecule has 2 rings (SSSR count). The summed E-state index contributed by atoms with van der Waals surface area (Å²) in [6.45, 7) is 2.61. The Morgan fingerprint density at radius 2 is 1.65 bits per heavy atom. The summed E-state index contributed by atoms with van der Waals surface area (Å²) in [5, 5.41) is 5.25. The molecule has 0 bridgehead atoms. The van der Waals surface area contributed by atoms with Crippen molar-refractivity contribution in [3.05, 3.63) is 65.7 Å². The SMILES string of the molecule is CCNC(=O)CNC(=O)c1ccccc1COc1ccccc1. The zero-order valence-electron chi connectivity index (χ0n) is 13.0. The maximum absolute atomic E-state index is 12.2. The maximum atomic E-state index is 12.2. The van der Waals surface area contributed by atoms with E-state index in [1.54, 1.807) is 12.1 Å². The predicted octanol–water partition coefficient (Wildman–Crippen LogP) is 2.13. The van der Waals surface area contributed by atoms with Crippen molar-refractivity contribution in [2.45, 2.75) is 13.5 Å². The van der Waals surface area contributed by atoms with E-state index in [-0.39, 0.29) is 25.0 Å². The minimum Gasteiger partial charge on any atom is -0.489 e. The van der Waals surface area contributed by atoms with Gasteiger partial charge in [-0.05, 0) is 25.1 Å². The minimum atomic E-state index is -0.288. The molecule has 2 aromatic carbocycles. The normalized spacial score (nSPS) is 9.96. The molecule has 0 heterocycles. The number of para-hydroxylation sites is 1. The number of carbonyl (C=O) groups excluding carboxylic acids is 2. The minimum absolute atomic E-state index is 0.0411. The zero-order chi connectivity index (χ0) is 16.5. The van der Waals surface area contributed by atoms with E-state index < -0.39 is 0 Å². The molecule has 5 heteroatoms. The highest BCUT2D eigenvalue weighted by Gasteiger charge is 2.12. The van der Waals surface area contributed by atoms with Gasteiger partial charge in [-0.1, -0.05) is 36.4 Å². The standard InChI is InChI=1S/C18H20N2O3/c1-2-19-17(21)12-20-18(22)16-11-7-6-8-14(16)13-23-15-9-4-3-5-10-15/h3-11H,2,12-13H2,1H3,(H,19,21)(H,20,22). The van der Waals surface area contributed by atoms with Crippen LogP contribution < -0.4 is 15.4 Å². The second kappa shape index (κ2) is 8.58. The van der Waals surface area contributed by atoms with E-state index in [4.69, 9.17) is 4.74 Å². The van der Waals surface area contributed by atoms with Crippen molar-refractivity contribution < 1.29 is 14.3 Å². The summed E-state index contributed by atoms with van der Waals surface area (Å²) in [5.41, 5.74) is 1.28. The summed E-state index contributed by atoms with van der Waals surface area (Å²) < 4.78 is 5.69. The highest BCUT2D eigenvalue weighted by molar-refractivity contribution is 5.97. The van der Waals surface area contributed by atoms with Gasteiger partial charge in [0.15, 0.2) is 0 Å². The van der Waals surface area contributed by atoms with E-state index in [0.29, 0.717) is 12.1 Å². The van der Waals surface area contributed by atoms with Crippen LogP contribution in [0, 0.1) is 0 Å². The Balaban J connectivity index is 1.99. The van der Waals surface area contributed by atoms with Crippen LogP contribution in [0.25, 0.3) is 0 Å². The molecule has 0 saturated heterocycles. The second-order valence-electron chi connectivity index (χ2n) is 4.90. The van der Waals surface area contributed by atoms with Crippen molar-refractivity contribution >= 4 is 11.8 Å². The molecule has 0 aliphatic heterocycles. The fourth-order valence-electron chi connectivity index (χ4n) is 2.06. The van der Waals surface area contributed by atoms with Crippen LogP contribution in [-0.4, -0.2) is 24.9 Å². The molecule has 5 nitrogen and oxygen atoms in total. The lowest BCUT2D eigenvalue weighted by molar-refractivity contribution is -0.120. The van der Waals surface area contributed by atoms with Crippen LogP contribution in [0.3, 0.4) is 0 Å². The lowest BCUT2D eigenvalue weighted by Gasteiger charge is -2.11. The highest BCUT2D eigenvalue weighted by atomic mass is 16.5. The van der Waals surface area contributed by atoms with Crippen LogP contribution in [0.5, 0.6) is 5.75 Å². The van der Waals surface area contributed by atoms with Gasteiger partial charge < -0.3 is 15.4 Å². The first-order valence-electron chi connectivity index (χ1n) is 7.51. The first-order valence-corrected chi connectivity index (χ1v) is 7.51. The van der Waals surface area contributed by atoms with Gasteiger partial charge in [0.25, 0.3) is 5.91 Å². The second-order valence-corrected chi connectivity index (χ2v) is 4.90. The third-order valence-corrected chi connectivity index (χ3v) is 3.18.